The number of fused-ring (bicyclic) bond motifs is 1. The van der Waals surface area contributed by atoms with Crippen LogP contribution in [0.25, 0.3) is 5.65 Å². The van der Waals surface area contributed by atoms with E-state index in [-0.39, 0.29) is 5.69 Å². The van der Waals surface area contributed by atoms with E-state index in [9.17, 15) is 9.90 Å². The molecule has 3 rings (SSSR count). The quantitative estimate of drug-likeness (QED) is 0.788. The number of H-pyrrole nitrogens is 1. The van der Waals surface area contributed by atoms with E-state index >= 15 is 0 Å². The molecule has 0 amide bonds. The molecule has 0 spiro atoms. The Morgan fingerprint density at radius 3 is 2.81 bits per heavy atom. The number of hydrogen-bond donors (Lipinski definition) is 3. The molecule has 0 saturated heterocycles. The molecule has 7 heteroatoms. The Balaban J connectivity index is 1.67. The van der Waals surface area contributed by atoms with Gasteiger partial charge in [-0.3, -0.25) is 0 Å². The van der Waals surface area contributed by atoms with Crippen LogP contribution in [0, 0.1) is 5.41 Å². The summed E-state index contributed by atoms with van der Waals surface area (Å²) in [6, 6.07) is 1.69. The lowest BCUT2D eigenvalue weighted by atomic mass is 9.71. The minimum Gasteiger partial charge on any atom is -0.388 e. The van der Waals surface area contributed by atoms with Gasteiger partial charge in [-0.25, -0.2) is 19.3 Å². The Bertz CT molecular complexity index is 693. The smallest absolute Gasteiger partial charge is 0.348 e. The highest BCUT2D eigenvalue weighted by Gasteiger charge is 2.36. The molecule has 7 nitrogen and oxygen atoms in total. The fourth-order valence-corrected chi connectivity index (χ4v) is 2.73. The minimum atomic E-state index is -0.686. The molecule has 2 heterocycles. The molecule has 2 aromatic heterocycles. The first-order valence-electron chi connectivity index (χ1n) is 7.26. The first kappa shape index (κ1) is 14.1. The second kappa shape index (κ2) is 4.84. The van der Waals surface area contributed by atoms with Crippen LogP contribution in [-0.4, -0.2) is 36.8 Å². The number of rotatable bonds is 3. The predicted octanol–water partition coefficient (Wildman–Crippen LogP) is 1.16. The molecule has 0 radical (unpaired) electrons. The van der Waals surface area contributed by atoms with Crippen molar-refractivity contribution in [1.82, 2.24) is 19.6 Å². The third-order valence-corrected chi connectivity index (χ3v) is 4.44. The zero-order chi connectivity index (χ0) is 15.1. The molecule has 1 fully saturated rings. The van der Waals surface area contributed by atoms with Crippen LogP contribution in [-0.2, 0) is 0 Å². The Labute approximate surface area is 122 Å². The molecule has 0 aromatic carbocycles. The van der Waals surface area contributed by atoms with Gasteiger partial charge in [0, 0.05) is 12.6 Å². The number of aliphatic hydroxyl groups is 1. The van der Waals surface area contributed by atoms with Gasteiger partial charge in [-0.2, -0.15) is 5.10 Å². The first-order chi connectivity index (χ1) is 9.87. The lowest BCUT2D eigenvalue weighted by Gasteiger charge is -2.40. The maximum absolute atomic E-state index is 11.4. The van der Waals surface area contributed by atoms with Crippen LogP contribution in [0.3, 0.4) is 0 Å². The van der Waals surface area contributed by atoms with Gasteiger partial charge in [0.25, 0.3) is 0 Å². The van der Waals surface area contributed by atoms with Crippen molar-refractivity contribution in [2.75, 3.05) is 11.9 Å². The van der Waals surface area contributed by atoms with Crippen LogP contribution in [0.4, 0.5) is 5.82 Å². The van der Waals surface area contributed by atoms with E-state index in [0.717, 1.165) is 25.7 Å². The number of hydrogen-bond acceptors (Lipinski definition) is 5. The molecule has 3 N–H and O–H groups in total. The molecule has 0 atom stereocenters. The summed E-state index contributed by atoms with van der Waals surface area (Å²) in [5.74, 6) is 0.611. The van der Waals surface area contributed by atoms with Gasteiger partial charge in [-0.15, -0.1) is 0 Å². The van der Waals surface area contributed by atoms with Gasteiger partial charge in [-0.1, -0.05) is 13.8 Å². The molecular weight excluding hydrogens is 270 g/mol. The van der Waals surface area contributed by atoms with E-state index in [2.05, 4.69) is 34.3 Å². The molecule has 21 heavy (non-hydrogen) atoms. The summed E-state index contributed by atoms with van der Waals surface area (Å²) in [6.45, 7) is 4.94. The Kier molecular flexibility index (Phi) is 3.24. The van der Waals surface area contributed by atoms with E-state index in [1.807, 2.05) is 0 Å². The van der Waals surface area contributed by atoms with Crippen LogP contribution in [0.2, 0.25) is 0 Å². The summed E-state index contributed by atoms with van der Waals surface area (Å²) in [4.78, 5) is 15.5. The fraction of sp³-hybridized carbons (Fsp3) is 0.643. The number of nitrogens with one attached hydrogen (secondary N) is 2. The van der Waals surface area contributed by atoms with Crippen molar-refractivity contribution >= 4 is 11.5 Å². The molecule has 1 saturated carbocycles. The molecule has 0 bridgehead atoms. The summed E-state index contributed by atoms with van der Waals surface area (Å²) in [5, 5.41) is 20.0. The normalized spacial score (nSPS) is 20.5. The molecule has 0 unspecified atom stereocenters. The van der Waals surface area contributed by atoms with E-state index in [4.69, 9.17) is 0 Å². The SMILES string of the molecule is CC1(C)CCC(O)(CNc2cc3n[nH]c(=O)n3cn2)CC1. The van der Waals surface area contributed by atoms with Crippen molar-refractivity contribution in [2.24, 2.45) is 5.41 Å². The van der Waals surface area contributed by atoms with Crippen LogP contribution < -0.4 is 11.0 Å². The van der Waals surface area contributed by atoms with Crippen molar-refractivity contribution in [1.29, 1.82) is 0 Å². The van der Waals surface area contributed by atoms with Crippen LogP contribution >= 0.6 is 0 Å². The highest BCUT2D eigenvalue weighted by Crippen LogP contribution is 2.40. The maximum Gasteiger partial charge on any atom is 0.348 e. The van der Waals surface area contributed by atoms with Crippen molar-refractivity contribution in [2.45, 2.75) is 45.1 Å². The zero-order valence-electron chi connectivity index (χ0n) is 12.4. The third kappa shape index (κ3) is 2.92. The standard InChI is InChI=1S/C14H21N5O2/c1-13(2)3-5-14(21,6-4-13)8-15-10-7-11-17-18-12(20)19(11)9-16-10/h7,9,15,21H,3-6,8H2,1-2H3,(H,18,20). The van der Waals surface area contributed by atoms with Crippen LogP contribution in [0.1, 0.15) is 39.5 Å². The monoisotopic (exact) mass is 291 g/mol. The van der Waals surface area contributed by atoms with E-state index in [1.165, 1.54) is 10.7 Å². The first-order valence-corrected chi connectivity index (χ1v) is 7.26. The second-order valence-electron chi connectivity index (χ2n) is 6.77. The van der Waals surface area contributed by atoms with E-state index in [1.54, 1.807) is 6.07 Å². The second-order valence-corrected chi connectivity index (χ2v) is 6.77. The van der Waals surface area contributed by atoms with Crippen molar-refractivity contribution in [3.05, 3.63) is 22.9 Å². The van der Waals surface area contributed by atoms with Gasteiger partial charge >= 0.3 is 5.69 Å². The van der Waals surface area contributed by atoms with Gasteiger partial charge in [0.05, 0.1) is 5.60 Å². The summed E-state index contributed by atoms with van der Waals surface area (Å²) < 4.78 is 1.34. The topological polar surface area (TPSA) is 95.3 Å². The minimum absolute atomic E-state index is 0.308. The number of aromatic amines is 1. The van der Waals surface area contributed by atoms with Crippen LogP contribution in [0.5, 0.6) is 0 Å². The zero-order valence-corrected chi connectivity index (χ0v) is 12.4. The fourth-order valence-electron chi connectivity index (χ4n) is 2.73. The molecular formula is C14H21N5O2. The van der Waals surface area contributed by atoms with Crippen molar-refractivity contribution in [3.63, 3.8) is 0 Å². The highest BCUT2D eigenvalue weighted by molar-refractivity contribution is 5.48. The Morgan fingerprint density at radius 1 is 1.38 bits per heavy atom. The molecule has 2 aromatic rings. The lowest BCUT2D eigenvalue weighted by molar-refractivity contribution is -0.0145. The molecule has 0 aliphatic heterocycles. The Morgan fingerprint density at radius 2 is 2.10 bits per heavy atom. The largest absolute Gasteiger partial charge is 0.388 e. The Hall–Kier alpha value is -1.89. The summed E-state index contributed by atoms with van der Waals surface area (Å²) in [5.41, 5.74) is -0.166. The number of anilines is 1. The van der Waals surface area contributed by atoms with Gasteiger partial charge in [0.1, 0.15) is 12.1 Å². The van der Waals surface area contributed by atoms with Crippen molar-refractivity contribution in [3.8, 4) is 0 Å². The van der Waals surface area contributed by atoms with Gasteiger partial charge < -0.3 is 10.4 Å². The van der Waals surface area contributed by atoms with Gasteiger partial charge in [-0.05, 0) is 31.1 Å². The van der Waals surface area contributed by atoms with Crippen LogP contribution in [0.15, 0.2) is 17.2 Å². The molecule has 1 aliphatic carbocycles. The van der Waals surface area contributed by atoms with Gasteiger partial charge in [0.15, 0.2) is 5.65 Å². The molecule has 1 aliphatic rings. The van der Waals surface area contributed by atoms with Crippen molar-refractivity contribution < 1.29 is 5.11 Å². The third-order valence-electron chi connectivity index (χ3n) is 4.44. The lowest BCUT2D eigenvalue weighted by Crippen LogP contribution is -2.42. The highest BCUT2D eigenvalue weighted by atomic mass is 16.3. The van der Waals surface area contributed by atoms with E-state index < -0.39 is 5.60 Å². The summed E-state index contributed by atoms with van der Waals surface area (Å²) >= 11 is 0. The summed E-state index contributed by atoms with van der Waals surface area (Å²) in [7, 11) is 0. The number of aromatic nitrogens is 4. The molecule has 114 valence electrons. The number of nitrogens with zero attached hydrogens (tertiary/aromatic N) is 3. The van der Waals surface area contributed by atoms with Gasteiger partial charge in [0.2, 0.25) is 0 Å². The average molecular weight is 291 g/mol. The summed E-state index contributed by atoms with van der Waals surface area (Å²) in [6.07, 6.45) is 5.05. The maximum atomic E-state index is 11.4. The average Bonchev–Trinajstić information content (AvgIpc) is 2.82. The van der Waals surface area contributed by atoms with E-state index in [0.29, 0.717) is 23.4 Å². The predicted molar refractivity (Wildman–Crippen MR) is 79.3 cm³/mol.